The van der Waals surface area contributed by atoms with Gasteiger partial charge in [-0.15, -0.1) is 11.3 Å². The third-order valence-corrected chi connectivity index (χ3v) is 4.84. The molecular weight excluding hydrogens is 275 g/mol. The van der Waals surface area contributed by atoms with Crippen molar-refractivity contribution in [3.05, 3.63) is 28.9 Å². The summed E-state index contributed by atoms with van der Waals surface area (Å²) in [5.41, 5.74) is 6.36. The summed E-state index contributed by atoms with van der Waals surface area (Å²) in [5.74, 6) is 0.271. The molecular formula is C15H17FN2OS. The van der Waals surface area contributed by atoms with Gasteiger partial charge in [0.2, 0.25) is 0 Å². The highest BCUT2D eigenvalue weighted by Crippen LogP contribution is 2.35. The quantitative estimate of drug-likeness (QED) is 0.905. The van der Waals surface area contributed by atoms with Gasteiger partial charge < -0.3 is 11.1 Å². The van der Waals surface area contributed by atoms with Gasteiger partial charge in [0, 0.05) is 16.1 Å². The van der Waals surface area contributed by atoms with Gasteiger partial charge in [-0.3, -0.25) is 4.79 Å². The molecule has 0 bridgehead atoms. The summed E-state index contributed by atoms with van der Waals surface area (Å²) in [4.78, 5) is 12.7. The molecule has 1 aromatic carbocycles. The summed E-state index contributed by atoms with van der Waals surface area (Å²) >= 11 is 1.31. The van der Waals surface area contributed by atoms with Crippen molar-refractivity contribution in [3.63, 3.8) is 0 Å². The molecule has 3 N–H and O–H groups in total. The van der Waals surface area contributed by atoms with Crippen molar-refractivity contribution in [1.82, 2.24) is 5.32 Å². The largest absolute Gasteiger partial charge is 0.397 e. The molecule has 1 amide bonds. The molecule has 106 valence electrons. The Morgan fingerprint density at radius 2 is 2.30 bits per heavy atom. The van der Waals surface area contributed by atoms with E-state index in [-0.39, 0.29) is 17.8 Å². The van der Waals surface area contributed by atoms with Crippen LogP contribution in [0.25, 0.3) is 10.1 Å². The normalized spacial score (nSPS) is 16.3. The molecule has 0 saturated heterocycles. The Morgan fingerprint density at radius 1 is 1.55 bits per heavy atom. The summed E-state index contributed by atoms with van der Waals surface area (Å²) < 4.78 is 14.1. The summed E-state index contributed by atoms with van der Waals surface area (Å²) in [6, 6.07) is 4.58. The zero-order valence-corrected chi connectivity index (χ0v) is 12.1. The molecule has 1 fully saturated rings. The number of carbonyl (C=O) groups is 1. The van der Waals surface area contributed by atoms with Crippen LogP contribution in [-0.4, -0.2) is 11.9 Å². The molecule has 5 heteroatoms. The van der Waals surface area contributed by atoms with Gasteiger partial charge in [-0.05, 0) is 37.5 Å². The maximum absolute atomic E-state index is 13.2. The van der Waals surface area contributed by atoms with Crippen molar-refractivity contribution in [2.75, 3.05) is 5.73 Å². The van der Waals surface area contributed by atoms with Crippen LogP contribution in [0, 0.1) is 11.7 Å². The van der Waals surface area contributed by atoms with E-state index in [0.29, 0.717) is 16.0 Å². The minimum absolute atomic E-state index is 0.149. The van der Waals surface area contributed by atoms with Crippen LogP contribution < -0.4 is 11.1 Å². The van der Waals surface area contributed by atoms with Gasteiger partial charge in [0.05, 0.1) is 5.69 Å². The van der Waals surface area contributed by atoms with E-state index in [4.69, 9.17) is 5.73 Å². The number of nitrogen functional groups attached to an aromatic ring is 1. The van der Waals surface area contributed by atoms with E-state index in [9.17, 15) is 9.18 Å². The van der Waals surface area contributed by atoms with E-state index in [0.717, 1.165) is 17.0 Å². The van der Waals surface area contributed by atoms with Crippen molar-refractivity contribution in [3.8, 4) is 0 Å². The molecule has 2 aromatic rings. The fourth-order valence-corrected chi connectivity index (χ4v) is 3.47. The van der Waals surface area contributed by atoms with Crippen LogP contribution in [0.5, 0.6) is 0 Å². The van der Waals surface area contributed by atoms with Crippen LogP contribution in [0.1, 0.15) is 35.9 Å². The number of fused-ring (bicyclic) bond motifs is 1. The molecule has 0 aliphatic heterocycles. The van der Waals surface area contributed by atoms with Gasteiger partial charge in [0.25, 0.3) is 5.91 Å². The Balaban J connectivity index is 1.81. The van der Waals surface area contributed by atoms with Crippen LogP contribution >= 0.6 is 11.3 Å². The summed E-state index contributed by atoms with van der Waals surface area (Å²) in [6.07, 6.45) is 3.56. The predicted molar refractivity (Wildman–Crippen MR) is 80.5 cm³/mol. The smallest absolute Gasteiger partial charge is 0.263 e. The fraction of sp³-hybridized carbons (Fsp3) is 0.400. The zero-order chi connectivity index (χ0) is 14.3. The number of rotatable bonds is 4. The molecule has 0 radical (unpaired) electrons. The maximum atomic E-state index is 13.2. The first-order valence-corrected chi connectivity index (χ1v) is 7.64. The molecule has 1 heterocycles. The van der Waals surface area contributed by atoms with E-state index >= 15 is 0 Å². The van der Waals surface area contributed by atoms with E-state index in [2.05, 4.69) is 5.32 Å². The van der Waals surface area contributed by atoms with Gasteiger partial charge in [-0.2, -0.15) is 0 Å². The Morgan fingerprint density at radius 3 is 3.00 bits per heavy atom. The highest BCUT2D eigenvalue weighted by atomic mass is 32.1. The number of amides is 1. The fourth-order valence-electron chi connectivity index (χ4n) is 2.46. The third-order valence-electron chi connectivity index (χ3n) is 3.66. The van der Waals surface area contributed by atoms with Crippen molar-refractivity contribution in [2.24, 2.45) is 5.92 Å². The molecule has 1 aliphatic carbocycles. The Bertz CT molecular complexity index is 663. The second-order valence-electron chi connectivity index (χ2n) is 5.54. The molecule has 1 aliphatic rings. The van der Waals surface area contributed by atoms with Crippen LogP contribution in [0.3, 0.4) is 0 Å². The van der Waals surface area contributed by atoms with E-state index in [1.807, 2.05) is 6.92 Å². The molecule has 3 rings (SSSR count). The molecule has 1 unspecified atom stereocenters. The van der Waals surface area contributed by atoms with E-state index in [1.165, 1.54) is 36.3 Å². The Hall–Kier alpha value is -1.62. The van der Waals surface area contributed by atoms with Crippen LogP contribution in [0.2, 0.25) is 0 Å². The monoisotopic (exact) mass is 292 g/mol. The van der Waals surface area contributed by atoms with Gasteiger partial charge in [-0.1, -0.05) is 12.8 Å². The number of nitrogens with two attached hydrogens (primary N) is 1. The predicted octanol–water partition coefficient (Wildman–Crippen LogP) is 3.54. The Labute approximate surface area is 121 Å². The molecule has 1 atom stereocenters. The average molecular weight is 292 g/mol. The molecule has 1 saturated carbocycles. The number of halogens is 1. The van der Waals surface area contributed by atoms with E-state index in [1.54, 1.807) is 6.07 Å². The number of benzene rings is 1. The first-order chi connectivity index (χ1) is 9.54. The highest BCUT2D eigenvalue weighted by molar-refractivity contribution is 7.21. The van der Waals surface area contributed by atoms with Crippen molar-refractivity contribution < 1.29 is 9.18 Å². The van der Waals surface area contributed by atoms with Crippen molar-refractivity contribution in [1.29, 1.82) is 0 Å². The van der Waals surface area contributed by atoms with Gasteiger partial charge in [0.1, 0.15) is 10.7 Å². The minimum atomic E-state index is -0.337. The van der Waals surface area contributed by atoms with Gasteiger partial charge in [-0.25, -0.2) is 4.39 Å². The maximum Gasteiger partial charge on any atom is 0.263 e. The number of hydrogen-bond donors (Lipinski definition) is 2. The number of hydrogen-bond acceptors (Lipinski definition) is 3. The summed E-state index contributed by atoms with van der Waals surface area (Å²) in [6.45, 7) is 2.01. The number of thiophene rings is 1. The first kappa shape index (κ1) is 13.4. The standard InChI is InChI=1S/C15H17FN2OS/c1-8(6-9-2-3-9)18-15(19)14-13(17)11-7-10(16)4-5-12(11)20-14/h4-5,7-9H,2-3,6,17H2,1H3,(H,18,19). The lowest BCUT2D eigenvalue weighted by Gasteiger charge is -2.12. The molecule has 1 aromatic heterocycles. The number of carbonyl (C=O) groups excluding carboxylic acids is 1. The SMILES string of the molecule is CC(CC1CC1)NC(=O)c1sc2ccc(F)cc2c1N. The number of nitrogens with one attached hydrogen (secondary N) is 1. The molecule has 20 heavy (non-hydrogen) atoms. The summed E-state index contributed by atoms with van der Waals surface area (Å²) in [5, 5.41) is 3.60. The minimum Gasteiger partial charge on any atom is -0.397 e. The first-order valence-electron chi connectivity index (χ1n) is 6.83. The van der Waals surface area contributed by atoms with Crippen molar-refractivity contribution in [2.45, 2.75) is 32.2 Å². The number of anilines is 1. The third kappa shape index (κ3) is 2.63. The van der Waals surface area contributed by atoms with E-state index < -0.39 is 0 Å². The van der Waals surface area contributed by atoms with Crippen LogP contribution in [-0.2, 0) is 0 Å². The summed E-state index contributed by atoms with van der Waals surface area (Å²) in [7, 11) is 0. The average Bonchev–Trinajstić information content (AvgIpc) is 3.14. The second kappa shape index (κ2) is 5.05. The van der Waals surface area contributed by atoms with Crippen LogP contribution in [0.4, 0.5) is 10.1 Å². The zero-order valence-electron chi connectivity index (χ0n) is 11.3. The lowest BCUT2D eigenvalue weighted by molar-refractivity contribution is 0.0942. The Kier molecular flexibility index (Phi) is 3.38. The van der Waals surface area contributed by atoms with Crippen LogP contribution in [0.15, 0.2) is 18.2 Å². The lowest BCUT2D eigenvalue weighted by Crippen LogP contribution is -2.32. The topological polar surface area (TPSA) is 55.1 Å². The highest BCUT2D eigenvalue weighted by Gasteiger charge is 2.25. The van der Waals surface area contributed by atoms with Crippen molar-refractivity contribution >= 4 is 33.0 Å². The lowest BCUT2D eigenvalue weighted by atomic mass is 10.1. The molecule has 3 nitrogen and oxygen atoms in total. The van der Waals surface area contributed by atoms with Gasteiger partial charge in [0.15, 0.2) is 0 Å². The second-order valence-corrected chi connectivity index (χ2v) is 6.59. The molecule has 0 spiro atoms. The van der Waals surface area contributed by atoms with Gasteiger partial charge >= 0.3 is 0 Å².